The summed E-state index contributed by atoms with van der Waals surface area (Å²) in [4.78, 5) is 19.5. The molecule has 3 heterocycles. The number of methoxy groups -OCH3 is 1. The molecule has 12 heteroatoms. The lowest BCUT2D eigenvalue weighted by atomic mass is 9.85. The van der Waals surface area contributed by atoms with Gasteiger partial charge in [-0.2, -0.15) is 13.2 Å². The van der Waals surface area contributed by atoms with Gasteiger partial charge >= 0.3 is 6.18 Å². The first-order valence-electron chi connectivity index (χ1n) is 15.2. The predicted octanol–water partition coefficient (Wildman–Crippen LogP) is 3.74. The number of alkyl halides is 3. The van der Waals surface area contributed by atoms with Crippen molar-refractivity contribution in [2.24, 2.45) is 16.6 Å². The van der Waals surface area contributed by atoms with Crippen LogP contribution in [0, 0.1) is 5.92 Å². The summed E-state index contributed by atoms with van der Waals surface area (Å²) in [5, 5.41) is 6.96. The van der Waals surface area contributed by atoms with E-state index in [1.165, 1.54) is 6.08 Å². The first-order valence-corrected chi connectivity index (χ1v) is 15.2. The van der Waals surface area contributed by atoms with Gasteiger partial charge in [0.25, 0.3) is 5.91 Å². The molecule has 4 N–H and O–H groups in total. The van der Waals surface area contributed by atoms with Crippen molar-refractivity contribution in [1.82, 2.24) is 15.5 Å². The molecule has 240 valence electrons. The summed E-state index contributed by atoms with van der Waals surface area (Å²) < 4.78 is 57.1. The zero-order chi connectivity index (χ0) is 31.0. The molecule has 3 saturated heterocycles. The molecular formula is C31H46F3N5O4. The van der Waals surface area contributed by atoms with Gasteiger partial charge in [-0.05, 0) is 51.9 Å². The van der Waals surface area contributed by atoms with Crippen molar-refractivity contribution in [2.75, 3.05) is 40.0 Å². The van der Waals surface area contributed by atoms with Gasteiger partial charge in [-0.25, -0.2) is 4.99 Å². The molecule has 3 fully saturated rings. The Bertz CT molecular complexity index is 1100. The van der Waals surface area contributed by atoms with Crippen LogP contribution in [-0.4, -0.2) is 93.7 Å². The Morgan fingerprint density at radius 1 is 1.26 bits per heavy atom. The van der Waals surface area contributed by atoms with Crippen molar-refractivity contribution in [3.8, 4) is 0 Å². The Balaban J connectivity index is 1.29. The molecule has 0 aromatic carbocycles. The van der Waals surface area contributed by atoms with E-state index < -0.39 is 11.7 Å². The van der Waals surface area contributed by atoms with E-state index in [0.717, 1.165) is 44.5 Å². The Labute approximate surface area is 252 Å². The van der Waals surface area contributed by atoms with Gasteiger partial charge in [0, 0.05) is 68.2 Å². The van der Waals surface area contributed by atoms with E-state index >= 15 is 0 Å². The van der Waals surface area contributed by atoms with E-state index in [2.05, 4.69) is 22.2 Å². The predicted molar refractivity (Wildman–Crippen MR) is 159 cm³/mol. The van der Waals surface area contributed by atoms with Crippen LogP contribution in [0.3, 0.4) is 0 Å². The standard InChI is InChI=1S/C31H46F3N5O4/c1-20(21(2)36-17-25-8-5-9-27(43-25)22-6-4-7-23(16-22)31(32,33)34)29(37-19-35)30(40)39-13-10-24(11-14-39)38-26-12-15-42-18-28(26)41-3/h4,6-7,19,22,24-28,36,38H,2,5,8-18H2,1,3H3,(H2,35,37)/b29-20-/t22?,25-,26+,27+,28-/m1/s1. The molecule has 4 aliphatic rings. The summed E-state index contributed by atoms with van der Waals surface area (Å²) in [6.07, 6.45) is 5.59. The molecule has 1 unspecified atom stereocenters. The fourth-order valence-corrected chi connectivity index (χ4v) is 6.30. The number of nitrogens with two attached hydrogens (primary N) is 1. The molecule has 0 aromatic heterocycles. The first kappa shape index (κ1) is 33.2. The molecule has 1 aliphatic carbocycles. The van der Waals surface area contributed by atoms with Crippen LogP contribution in [0.15, 0.2) is 52.3 Å². The van der Waals surface area contributed by atoms with Gasteiger partial charge in [-0.1, -0.05) is 24.8 Å². The molecule has 0 aromatic rings. The third-order valence-corrected chi connectivity index (χ3v) is 8.93. The van der Waals surface area contributed by atoms with Crippen LogP contribution in [0.2, 0.25) is 0 Å². The van der Waals surface area contributed by atoms with E-state index in [4.69, 9.17) is 19.9 Å². The average Bonchev–Trinajstić information content (AvgIpc) is 3.02. The van der Waals surface area contributed by atoms with Crippen molar-refractivity contribution in [2.45, 2.75) is 88.4 Å². The Hall–Kier alpha value is -2.67. The van der Waals surface area contributed by atoms with E-state index in [9.17, 15) is 18.0 Å². The van der Waals surface area contributed by atoms with Crippen molar-refractivity contribution in [3.63, 3.8) is 0 Å². The van der Waals surface area contributed by atoms with Crippen molar-refractivity contribution in [1.29, 1.82) is 0 Å². The van der Waals surface area contributed by atoms with Crippen LogP contribution >= 0.6 is 0 Å². The van der Waals surface area contributed by atoms with Crippen molar-refractivity contribution < 1.29 is 32.2 Å². The molecule has 0 radical (unpaired) electrons. The number of carbonyl (C=O) groups excluding carboxylic acids is 1. The summed E-state index contributed by atoms with van der Waals surface area (Å²) in [6.45, 7) is 8.80. The Morgan fingerprint density at radius 3 is 2.72 bits per heavy atom. The average molecular weight is 610 g/mol. The maximum atomic E-state index is 13.5. The monoisotopic (exact) mass is 609 g/mol. The number of piperidine rings is 1. The quantitative estimate of drug-likeness (QED) is 0.150. The number of ether oxygens (including phenoxy) is 3. The minimum Gasteiger partial charge on any atom is -0.390 e. The highest BCUT2D eigenvalue weighted by Gasteiger charge is 2.38. The molecule has 0 bridgehead atoms. The molecule has 43 heavy (non-hydrogen) atoms. The van der Waals surface area contributed by atoms with Gasteiger partial charge in [0.05, 0.1) is 31.3 Å². The highest BCUT2D eigenvalue weighted by molar-refractivity contribution is 5.95. The summed E-state index contributed by atoms with van der Waals surface area (Å²) >= 11 is 0. The molecular weight excluding hydrogens is 563 g/mol. The Morgan fingerprint density at radius 2 is 2.02 bits per heavy atom. The lowest BCUT2D eigenvalue weighted by Crippen LogP contribution is -2.54. The second kappa shape index (κ2) is 15.4. The maximum Gasteiger partial charge on any atom is 0.412 e. The highest BCUT2D eigenvalue weighted by atomic mass is 19.4. The summed E-state index contributed by atoms with van der Waals surface area (Å²) in [5.74, 6) is -0.511. The largest absolute Gasteiger partial charge is 0.412 e. The molecule has 9 nitrogen and oxygen atoms in total. The Kier molecular flexibility index (Phi) is 11.9. The number of carbonyl (C=O) groups is 1. The maximum absolute atomic E-state index is 13.5. The smallest absolute Gasteiger partial charge is 0.390 e. The lowest BCUT2D eigenvalue weighted by molar-refractivity contribution is -0.128. The summed E-state index contributed by atoms with van der Waals surface area (Å²) in [6, 6.07) is 0.518. The van der Waals surface area contributed by atoms with Crippen LogP contribution in [0.25, 0.3) is 0 Å². The zero-order valence-electron chi connectivity index (χ0n) is 25.2. The normalized spacial score (nSPS) is 29.7. The van der Waals surface area contributed by atoms with Crippen LogP contribution < -0.4 is 16.4 Å². The number of aliphatic imine (C=N–C) groups is 1. The minimum atomic E-state index is -4.33. The van der Waals surface area contributed by atoms with E-state index in [1.807, 2.05) is 6.08 Å². The number of halogens is 3. The van der Waals surface area contributed by atoms with Gasteiger partial charge in [0.1, 0.15) is 5.70 Å². The summed E-state index contributed by atoms with van der Waals surface area (Å²) in [7, 11) is 1.70. The third-order valence-electron chi connectivity index (χ3n) is 8.93. The van der Waals surface area contributed by atoms with E-state index in [-0.39, 0.29) is 54.3 Å². The first-order chi connectivity index (χ1) is 20.6. The SMILES string of the molecule is C=C(NC[C@H]1CCC[C@@H](C2C=CC=C(C(F)(F)F)C2)O1)/C(C)=C(\N=CN)C(=O)N1CCC(N[C@H]2CCOC[C@H]2OC)CC1. The van der Waals surface area contributed by atoms with Crippen molar-refractivity contribution >= 4 is 12.2 Å². The minimum absolute atomic E-state index is 0.0244. The van der Waals surface area contributed by atoms with Gasteiger partial charge in [0.15, 0.2) is 0 Å². The third kappa shape index (κ3) is 8.93. The molecule has 5 atom stereocenters. The number of hydrogen-bond donors (Lipinski definition) is 3. The van der Waals surface area contributed by atoms with Crippen LogP contribution in [-0.2, 0) is 19.0 Å². The number of allylic oxidation sites excluding steroid dienone is 4. The van der Waals surface area contributed by atoms with E-state index in [0.29, 0.717) is 50.5 Å². The number of nitrogens with zero attached hydrogens (tertiary/aromatic N) is 2. The number of nitrogens with one attached hydrogen (secondary N) is 2. The fraction of sp³-hybridized carbons (Fsp3) is 0.677. The number of rotatable bonds is 10. The topological polar surface area (TPSA) is 110 Å². The number of likely N-dealkylation sites (tertiary alicyclic amines) is 1. The van der Waals surface area contributed by atoms with Gasteiger partial charge < -0.3 is 35.5 Å². The van der Waals surface area contributed by atoms with Crippen LogP contribution in [0.1, 0.15) is 51.9 Å². The van der Waals surface area contributed by atoms with Crippen molar-refractivity contribution in [3.05, 3.63) is 47.3 Å². The second-order valence-corrected chi connectivity index (χ2v) is 11.8. The zero-order valence-corrected chi connectivity index (χ0v) is 25.2. The van der Waals surface area contributed by atoms with Gasteiger partial charge in [0.2, 0.25) is 0 Å². The molecule has 0 spiro atoms. The fourth-order valence-electron chi connectivity index (χ4n) is 6.30. The molecule has 1 amide bonds. The van der Waals surface area contributed by atoms with Crippen LogP contribution in [0.4, 0.5) is 13.2 Å². The molecule has 0 saturated carbocycles. The van der Waals surface area contributed by atoms with E-state index in [1.54, 1.807) is 18.9 Å². The van der Waals surface area contributed by atoms with Crippen LogP contribution in [0.5, 0.6) is 0 Å². The molecule has 4 rings (SSSR count). The van der Waals surface area contributed by atoms with Gasteiger partial charge in [-0.15, -0.1) is 0 Å². The number of hydrogen-bond acceptors (Lipinski definition) is 7. The van der Waals surface area contributed by atoms with Gasteiger partial charge in [-0.3, -0.25) is 4.79 Å². The molecule has 3 aliphatic heterocycles. The summed E-state index contributed by atoms with van der Waals surface area (Å²) in [5.41, 5.74) is 6.45. The highest BCUT2D eigenvalue weighted by Crippen LogP contribution is 2.37. The number of amides is 1. The second-order valence-electron chi connectivity index (χ2n) is 11.8. The lowest BCUT2D eigenvalue weighted by Gasteiger charge is -2.38.